The molecule has 0 saturated carbocycles. The largest absolute Gasteiger partial charge is 0.315 e. The number of rotatable bonds is 2. The summed E-state index contributed by atoms with van der Waals surface area (Å²) in [5.74, 6) is 0.547. The summed E-state index contributed by atoms with van der Waals surface area (Å²) in [6, 6.07) is 3.74. The van der Waals surface area contributed by atoms with Crippen LogP contribution in [-0.2, 0) is 0 Å². The highest BCUT2D eigenvalue weighted by molar-refractivity contribution is 5.73. The third kappa shape index (κ3) is 1.23. The van der Waals surface area contributed by atoms with E-state index in [4.69, 9.17) is 0 Å². The van der Waals surface area contributed by atoms with Gasteiger partial charge in [-0.3, -0.25) is 9.78 Å². The van der Waals surface area contributed by atoms with Gasteiger partial charge in [0.1, 0.15) is 0 Å². The van der Waals surface area contributed by atoms with Gasteiger partial charge in [0.2, 0.25) is 0 Å². The van der Waals surface area contributed by atoms with Crippen LogP contribution in [0.2, 0.25) is 0 Å². The number of pyridine rings is 1. The Balaban J connectivity index is 2.18. The first kappa shape index (κ1) is 7.43. The van der Waals surface area contributed by atoms with E-state index in [0.29, 0.717) is 11.5 Å². The molecule has 3 heteroatoms. The Morgan fingerprint density at radius 1 is 1.50 bits per heavy atom. The highest BCUT2D eigenvalue weighted by Crippen LogP contribution is 2.16. The van der Waals surface area contributed by atoms with Gasteiger partial charge in [0, 0.05) is 36.5 Å². The summed E-state index contributed by atoms with van der Waals surface area (Å²) in [6.45, 7) is 2.01. The summed E-state index contributed by atoms with van der Waals surface area (Å²) >= 11 is 0. The molecule has 0 aliphatic carbocycles. The molecule has 1 N–H and O–H groups in total. The van der Waals surface area contributed by atoms with E-state index in [2.05, 4.69) is 10.3 Å². The fourth-order valence-electron chi connectivity index (χ4n) is 1.23. The topological polar surface area (TPSA) is 42.0 Å². The van der Waals surface area contributed by atoms with Crippen LogP contribution in [0.3, 0.4) is 0 Å². The average Bonchev–Trinajstić information content (AvgIpc) is 2.03. The van der Waals surface area contributed by atoms with E-state index in [-0.39, 0.29) is 0 Å². The molecule has 1 saturated heterocycles. The first-order chi connectivity index (χ1) is 5.90. The fraction of sp³-hybridized carbons (Fsp3) is 0.333. The van der Waals surface area contributed by atoms with Crippen LogP contribution in [-0.4, -0.2) is 24.4 Å². The molecule has 0 spiro atoms. The van der Waals surface area contributed by atoms with Crippen molar-refractivity contribution in [2.24, 2.45) is 0 Å². The number of aromatic nitrogens is 1. The Hall–Kier alpha value is -1.22. The fourth-order valence-corrected chi connectivity index (χ4v) is 1.23. The third-order valence-electron chi connectivity index (χ3n) is 2.15. The Bertz CT molecular complexity index is 277. The molecule has 62 valence electrons. The third-order valence-corrected chi connectivity index (χ3v) is 2.15. The van der Waals surface area contributed by atoms with Gasteiger partial charge >= 0.3 is 0 Å². The molecule has 3 nitrogen and oxygen atoms in total. The summed E-state index contributed by atoms with van der Waals surface area (Å²) in [4.78, 5) is 14.5. The highest BCUT2D eigenvalue weighted by atomic mass is 16.1. The molecule has 0 atom stereocenters. The lowest BCUT2D eigenvalue weighted by Crippen LogP contribution is -2.40. The Kier molecular flexibility index (Phi) is 1.87. The number of carbonyl (C=O) groups is 1. The van der Waals surface area contributed by atoms with Gasteiger partial charge in [-0.25, -0.2) is 0 Å². The predicted molar refractivity (Wildman–Crippen MR) is 45.2 cm³/mol. The minimum Gasteiger partial charge on any atom is -0.315 e. The van der Waals surface area contributed by atoms with Gasteiger partial charge in [0.05, 0.1) is 0 Å². The number of nitrogens with one attached hydrogen (secondary N) is 1. The van der Waals surface area contributed by atoms with Crippen molar-refractivity contribution >= 4 is 6.29 Å². The van der Waals surface area contributed by atoms with Crippen LogP contribution in [0.1, 0.15) is 22.0 Å². The molecule has 0 aromatic carbocycles. The summed E-state index contributed by atoms with van der Waals surface area (Å²) in [6.07, 6.45) is 2.44. The van der Waals surface area contributed by atoms with Gasteiger partial charge in [0.15, 0.2) is 6.29 Å². The summed E-state index contributed by atoms with van der Waals surface area (Å²) < 4.78 is 0. The van der Waals surface area contributed by atoms with Crippen LogP contribution in [0.5, 0.6) is 0 Å². The first-order valence-corrected chi connectivity index (χ1v) is 4.02. The minimum absolute atomic E-state index is 0.547. The quantitative estimate of drug-likeness (QED) is 0.647. The minimum atomic E-state index is 0.547. The molecule has 0 radical (unpaired) electrons. The number of nitrogens with zero attached hydrogens (tertiary/aromatic N) is 1. The molecular weight excluding hydrogens is 152 g/mol. The molecule has 1 aromatic rings. The Morgan fingerprint density at radius 3 is 2.75 bits per heavy atom. The van der Waals surface area contributed by atoms with Crippen molar-refractivity contribution in [1.82, 2.24) is 10.3 Å². The molecule has 0 bridgehead atoms. The smallest absolute Gasteiger partial charge is 0.151 e. The molecule has 0 unspecified atom stereocenters. The molecule has 2 heterocycles. The van der Waals surface area contributed by atoms with Crippen LogP contribution < -0.4 is 5.32 Å². The first-order valence-electron chi connectivity index (χ1n) is 4.02. The van der Waals surface area contributed by atoms with E-state index in [1.807, 2.05) is 12.1 Å². The van der Waals surface area contributed by atoms with Crippen LogP contribution in [0.4, 0.5) is 0 Å². The maximum absolute atomic E-state index is 10.3. The summed E-state index contributed by atoms with van der Waals surface area (Å²) in [5, 5.41) is 3.18. The molecule has 1 aliphatic rings. The molecule has 1 aromatic heterocycles. The van der Waals surface area contributed by atoms with E-state index in [9.17, 15) is 4.79 Å². The van der Waals surface area contributed by atoms with Crippen molar-refractivity contribution in [3.05, 3.63) is 29.6 Å². The van der Waals surface area contributed by atoms with Gasteiger partial charge in [-0.05, 0) is 12.1 Å². The maximum Gasteiger partial charge on any atom is 0.151 e. The summed E-state index contributed by atoms with van der Waals surface area (Å²) in [7, 11) is 0. The molecular formula is C9H10N2O. The van der Waals surface area contributed by atoms with E-state index >= 15 is 0 Å². The Morgan fingerprint density at radius 2 is 2.33 bits per heavy atom. The van der Waals surface area contributed by atoms with Crippen LogP contribution in [0.15, 0.2) is 18.3 Å². The van der Waals surface area contributed by atoms with Crippen LogP contribution in [0.25, 0.3) is 0 Å². The van der Waals surface area contributed by atoms with Crippen LogP contribution >= 0.6 is 0 Å². The number of carbonyl (C=O) groups excluding carboxylic acids is 1. The molecule has 1 fully saturated rings. The second kappa shape index (κ2) is 3.03. The average molecular weight is 162 g/mol. The number of hydrogen-bond donors (Lipinski definition) is 1. The lowest BCUT2D eigenvalue weighted by molar-refractivity contribution is 0.112. The summed E-state index contributed by atoms with van der Waals surface area (Å²) in [5.41, 5.74) is 1.73. The zero-order chi connectivity index (χ0) is 8.39. The number of hydrogen-bond acceptors (Lipinski definition) is 3. The SMILES string of the molecule is O=Cc1ccc(C2CNC2)nc1. The van der Waals surface area contributed by atoms with Gasteiger partial charge in [0.25, 0.3) is 0 Å². The molecule has 1 aliphatic heterocycles. The van der Waals surface area contributed by atoms with E-state index in [1.165, 1.54) is 0 Å². The second-order valence-electron chi connectivity index (χ2n) is 2.99. The van der Waals surface area contributed by atoms with E-state index in [1.54, 1.807) is 6.20 Å². The molecule has 2 rings (SSSR count). The van der Waals surface area contributed by atoms with Gasteiger partial charge in [-0.15, -0.1) is 0 Å². The van der Waals surface area contributed by atoms with E-state index < -0.39 is 0 Å². The van der Waals surface area contributed by atoms with Gasteiger partial charge in [-0.2, -0.15) is 0 Å². The van der Waals surface area contributed by atoms with Crippen molar-refractivity contribution in [1.29, 1.82) is 0 Å². The number of aldehydes is 1. The zero-order valence-electron chi connectivity index (χ0n) is 6.66. The van der Waals surface area contributed by atoms with Crippen molar-refractivity contribution < 1.29 is 4.79 Å². The Labute approximate surface area is 70.8 Å². The van der Waals surface area contributed by atoms with Crippen molar-refractivity contribution in [3.63, 3.8) is 0 Å². The standard InChI is InChI=1S/C9H10N2O/c12-6-7-1-2-9(11-3-7)8-4-10-5-8/h1-3,6,8,10H,4-5H2. The van der Waals surface area contributed by atoms with Gasteiger partial charge in [-0.1, -0.05) is 0 Å². The zero-order valence-corrected chi connectivity index (χ0v) is 6.66. The lowest BCUT2D eigenvalue weighted by Gasteiger charge is -2.26. The highest BCUT2D eigenvalue weighted by Gasteiger charge is 2.19. The van der Waals surface area contributed by atoms with Crippen molar-refractivity contribution in [2.45, 2.75) is 5.92 Å². The predicted octanol–water partition coefficient (Wildman–Crippen LogP) is 0.581. The monoisotopic (exact) mass is 162 g/mol. The second-order valence-corrected chi connectivity index (χ2v) is 2.99. The maximum atomic E-state index is 10.3. The van der Waals surface area contributed by atoms with Crippen molar-refractivity contribution in [3.8, 4) is 0 Å². The molecule has 0 amide bonds. The van der Waals surface area contributed by atoms with Crippen LogP contribution in [0, 0.1) is 0 Å². The molecule has 12 heavy (non-hydrogen) atoms. The van der Waals surface area contributed by atoms with E-state index in [0.717, 1.165) is 25.1 Å². The van der Waals surface area contributed by atoms with Crippen molar-refractivity contribution in [2.75, 3.05) is 13.1 Å². The normalized spacial score (nSPS) is 17.0. The lowest BCUT2D eigenvalue weighted by atomic mass is 9.98. The van der Waals surface area contributed by atoms with Gasteiger partial charge < -0.3 is 5.32 Å².